The van der Waals surface area contributed by atoms with Crippen molar-refractivity contribution in [1.29, 1.82) is 0 Å². The number of fused-ring (bicyclic) bond motifs is 1. The molecule has 186 valence electrons. The number of phenolic OH excluding ortho intramolecular Hbond substituents is 1. The number of ether oxygens (including phenoxy) is 1. The molecule has 0 aliphatic rings. The van der Waals surface area contributed by atoms with E-state index in [4.69, 9.17) is 20.8 Å². The summed E-state index contributed by atoms with van der Waals surface area (Å²) in [5.41, 5.74) is -0.595. The summed E-state index contributed by atoms with van der Waals surface area (Å²) in [6, 6.07) is 9.89. The summed E-state index contributed by atoms with van der Waals surface area (Å²) >= 11 is 6.27. The molecule has 0 aliphatic carbocycles. The van der Waals surface area contributed by atoms with Gasteiger partial charge in [0.25, 0.3) is 0 Å². The third-order valence-electron chi connectivity index (χ3n) is 4.97. The van der Waals surface area contributed by atoms with Crippen molar-refractivity contribution < 1.29 is 23.8 Å². The fourth-order valence-corrected chi connectivity index (χ4v) is 3.74. The van der Waals surface area contributed by atoms with E-state index in [9.17, 15) is 19.5 Å². The number of carbonyl (C=O) groups is 2. The minimum absolute atomic E-state index is 0.0127. The van der Waals surface area contributed by atoms with Gasteiger partial charge in [-0.15, -0.1) is 0 Å². The molecule has 3 rings (SSSR count). The summed E-state index contributed by atoms with van der Waals surface area (Å²) in [6.07, 6.45) is -0.378. The van der Waals surface area contributed by atoms with Gasteiger partial charge >= 0.3 is 6.09 Å². The summed E-state index contributed by atoms with van der Waals surface area (Å²) in [5.74, 6) is -0.549. The number of anilines is 1. The number of carbonyl (C=O) groups excluding carboxylic acids is 2. The zero-order valence-corrected chi connectivity index (χ0v) is 21.0. The summed E-state index contributed by atoms with van der Waals surface area (Å²) in [7, 11) is 0. The van der Waals surface area contributed by atoms with Crippen LogP contribution in [0.1, 0.15) is 41.0 Å². The summed E-state index contributed by atoms with van der Waals surface area (Å²) in [4.78, 5) is 38.4. The van der Waals surface area contributed by atoms with Gasteiger partial charge in [-0.25, -0.2) is 4.79 Å². The predicted octanol–water partition coefficient (Wildman–Crippen LogP) is 5.70. The first-order chi connectivity index (χ1) is 16.4. The molecule has 9 heteroatoms. The van der Waals surface area contributed by atoms with Gasteiger partial charge in [-0.1, -0.05) is 37.6 Å². The molecule has 1 aromatic heterocycles. The standard InChI is InChI=1S/C26H29ClN2O6/c1-14(2)12-18(29-25(33)35-26(3,4)5)24(32)28-17-10-11-19(30)22-20(31)13-21(34-23(17)22)15-8-6-7-9-16(15)27/h6-11,13-14,18,30H,12H2,1-5H3,(H,28,32)(H,29,33)/t18-/m1/s1. The molecule has 1 atom stereocenters. The second kappa shape index (κ2) is 10.4. The van der Waals surface area contributed by atoms with Gasteiger partial charge in [0, 0.05) is 11.6 Å². The van der Waals surface area contributed by atoms with E-state index in [2.05, 4.69) is 10.6 Å². The van der Waals surface area contributed by atoms with Crippen LogP contribution >= 0.6 is 11.6 Å². The Kier molecular flexibility index (Phi) is 7.75. The molecule has 2 amide bonds. The van der Waals surface area contributed by atoms with Gasteiger partial charge in [0.15, 0.2) is 11.0 Å². The first kappa shape index (κ1) is 26.1. The lowest BCUT2D eigenvalue weighted by Gasteiger charge is -2.24. The smallest absolute Gasteiger partial charge is 0.408 e. The Morgan fingerprint density at radius 2 is 1.83 bits per heavy atom. The van der Waals surface area contributed by atoms with E-state index in [0.717, 1.165) is 0 Å². The minimum Gasteiger partial charge on any atom is -0.507 e. The van der Waals surface area contributed by atoms with Crippen LogP contribution in [0.4, 0.5) is 10.5 Å². The van der Waals surface area contributed by atoms with Crippen molar-refractivity contribution in [3.8, 4) is 17.1 Å². The SMILES string of the molecule is CC(C)C[C@@H](NC(=O)OC(C)(C)C)C(=O)Nc1ccc(O)c2c(=O)cc(-c3ccccc3Cl)oc12. The first-order valence-corrected chi connectivity index (χ1v) is 11.6. The number of alkyl carbamates (subject to hydrolysis) is 1. The van der Waals surface area contributed by atoms with Crippen molar-refractivity contribution in [3.63, 3.8) is 0 Å². The first-order valence-electron chi connectivity index (χ1n) is 11.2. The van der Waals surface area contributed by atoms with Gasteiger partial charge in [-0.3, -0.25) is 9.59 Å². The van der Waals surface area contributed by atoms with E-state index in [-0.39, 0.29) is 34.1 Å². The van der Waals surface area contributed by atoms with Crippen LogP contribution < -0.4 is 16.1 Å². The Morgan fingerprint density at radius 3 is 2.46 bits per heavy atom. The van der Waals surface area contributed by atoms with Gasteiger partial charge in [-0.2, -0.15) is 0 Å². The summed E-state index contributed by atoms with van der Waals surface area (Å²) < 4.78 is 11.3. The Morgan fingerprint density at radius 1 is 1.14 bits per heavy atom. The third-order valence-corrected chi connectivity index (χ3v) is 5.30. The van der Waals surface area contributed by atoms with Crippen LogP contribution in [0.15, 0.2) is 51.7 Å². The largest absolute Gasteiger partial charge is 0.507 e. The number of rotatable bonds is 6. The van der Waals surface area contributed by atoms with E-state index < -0.39 is 29.1 Å². The van der Waals surface area contributed by atoms with Gasteiger partial charge in [0.2, 0.25) is 5.91 Å². The third kappa shape index (κ3) is 6.54. The Labute approximate surface area is 208 Å². The molecular weight excluding hydrogens is 472 g/mol. The molecule has 3 aromatic rings. The van der Waals surface area contributed by atoms with Crippen molar-refractivity contribution in [2.45, 2.75) is 52.7 Å². The molecule has 0 fully saturated rings. The Bertz CT molecular complexity index is 1310. The molecule has 0 spiro atoms. The Balaban J connectivity index is 2.00. The lowest BCUT2D eigenvalue weighted by molar-refractivity contribution is -0.118. The summed E-state index contributed by atoms with van der Waals surface area (Å²) in [6.45, 7) is 9.02. The van der Waals surface area contributed by atoms with Gasteiger partial charge < -0.3 is 24.9 Å². The second-order valence-corrected chi connectivity index (χ2v) is 10.0. The zero-order valence-electron chi connectivity index (χ0n) is 20.3. The molecule has 0 unspecified atom stereocenters. The summed E-state index contributed by atoms with van der Waals surface area (Å²) in [5, 5.41) is 15.9. The average molecular weight is 501 g/mol. The maximum absolute atomic E-state index is 13.2. The highest BCUT2D eigenvalue weighted by atomic mass is 35.5. The van der Waals surface area contributed by atoms with Crippen LogP contribution in [-0.4, -0.2) is 28.7 Å². The molecule has 0 radical (unpaired) electrons. The number of hydrogen-bond acceptors (Lipinski definition) is 6. The Hall–Kier alpha value is -3.52. The monoisotopic (exact) mass is 500 g/mol. The van der Waals surface area contributed by atoms with Crippen molar-refractivity contribution in [3.05, 3.63) is 57.7 Å². The van der Waals surface area contributed by atoms with E-state index in [0.29, 0.717) is 17.0 Å². The number of phenols is 1. The van der Waals surface area contributed by atoms with Gasteiger partial charge in [-0.05, 0) is 57.4 Å². The molecule has 0 aliphatic heterocycles. The zero-order chi connectivity index (χ0) is 25.9. The number of hydrogen-bond donors (Lipinski definition) is 3. The van der Waals surface area contributed by atoms with Crippen molar-refractivity contribution in [1.82, 2.24) is 5.32 Å². The number of benzene rings is 2. The lowest BCUT2D eigenvalue weighted by atomic mass is 10.0. The van der Waals surface area contributed by atoms with Gasteiger partial charge in [0.1, 0.15) is 28.5 Å². The van der Waals surface area contributed by atoms with E-state index in [1.54, 1.807) is 45.0 Å². The topological polar surface area (TPSA) is 118 Å². The van der Waals surface area contributed by atoms with Crippen LogP contribution in [0.3, 0.4) is 0 Å². The van der Waals surface area contributed by atoms with E-state index >= 15 is 0 Å². The highest BCUT2D eigenvalue weighted by molar-refractivity contribution is 6.33. The molecule has 0 saturated carbocycles. The molecule has 2 aromatic carbocycles. The van der Waals surface area contributed by atoms with Gasteiger partial charge in [0.05, 0.1) is 10.7 Å². The maximum Gasteiger partial charge on any atom is 0.408 e. The number of aromatic hydroxyl groups is 1. The van der Waals surface area contributed by atoms with Crippen LogP contribution in [0.5, 0.6) is 5.75 Å². The lowest BCUT2D eigenvalue weighted by Crippen LogP contribution is -2.46. The molecular formula is C26H29ClN2O6. The molecule has 35 heavy (non-hydrogen) atoms. The molecule has 0 saturated heterocycles. The van der Waals surface area contributed by atoms with Crippen LogP contribution in [0, 0.1) is 5.92 Å². The van der Waals surface area contributed by atoms with Crippen LogP contribution in [-0.2, 0) is 9.53 Å². The predicted molar refractivity (Wildman–Crippen MR) is 136 cm³/mol. The van der Waals surface area contributed by atoms with Crippen molar-refractivity contribution >= 4 is 40.3 Å². The highest BCUT2D eigenvalue weighted by Crippen LogP contribution is 2.34. The van der Waals surface area contributed by atoms with E-state index in [1.807, 2.05) is 13.8 Å². The average Bonchev–Trinajstić information content (AvgIpc) is 2.73. The molecule has 1 heterocycles. The highest BCUT2D eigenvalue weighted by Gasteiger charge is 2.26. The quantitative estimate of drug-likeness (QED) is 0.374. The minimum atomic E-state index is -0.910. The molecule has 0 bridgehead atoms. The maximum atomic E-state index is 13.2. The number of halogens is 1. The van der Waals surface area contributed by atoms with Crippen molar-refractivity contribution in [2.24, 2.45) is 5.92 Å². The van der Waals surface area contributed by atoms with E-state index in [1.165, 1.54) is 18.2 Å². The molecule has 8 nitrogen and oxygen atoms in total. The number of amides is 2. The van der Waals surface area contributed by atoms with Crippen LogP contribution in [0.25, 0.3) is 22.3 Å². The normalized spacial score (nSPS) is 12.4. The fraction of sp³-hybridized carbons (Fsp3) is 0.346. The molecule has 3 N–H and O–H groups in total. The second-order valence-electron chi connectivity index (χ2n) is 9.61. The van der Waals surface area contributed by atoms with Crippen molar-refractivity contribution in [2.75, 3.05) is 5.32 Å². The van der Waals surface area contributed by atoms with Crippen LogP contribution in [0.2, 0.25) is 5.02 Å². The number of nitrogens with one attached hydrogen (secondary N) is 2. The fourth-order valence-electron chi connectivity index (χ4n) is 3.51.